The van der Waals surface area contributed by atoms with Crippen molar-refractivity contribution in [1.82, 2.24) is 4.98 Å². The van der Waals surface area contributed by atoms with Gasteiger partial charge in [0.2, 0.25) is 0 Å². The summed E-state index contributed by atoms with van der Waals surface area (Å²) in [5.74, 6) is 0.761. The summed E-state index contributed by atoms with van der Waals surface area (Å²) in [6.45, 7) is 6.56. The summed E-state index contributed by atoms with van der Waals surface area (Å²) in [7, 11) is 1.65. The number of methoxy groups -OCH3 is 1. The molecule has 0 saturated carbocycles. The Hall–Kier alpha value is -1.81. The van der Waals surface area contributed by atoms with Gasteiger partial charge in [-0.25, -0.2) is 0 Å². The van der Waals surface area contributed by atoms with E-state index in [0.717, 1.165) is 40.7 Å². The van der Waals surface area contributed by atoms with Crippen molar-refractivity contribution in [2.24, 2.45) is 0 Å². The maximum atomic E-state index is 10.5. The zero-order chi connectivity index (χ0) is 15.5. The molecule has 4 nitrogen and oxygen atoms in total. The van der Waals surface area contributed by atoms with Gasteiger partial charge in [-0.05, 0) is 31.4 Å². The lowest BCUT2D eigenvalue weighted by molar-refractivity contribution is 0.0457. The third kappa shape index (κ3) is 3.10. The molecule has 2 aromatic rings. The number of nitrogens with one attached hydrogen (secondary N) is 1. The Morgan fingerprint density at radius 1 is 1.29 bits per heavy atom. The van der Waals surface area contributed by atoms with Crippen molar-refractivity contribution < 1.29 is 9.84 Å². The van der Waals surface area contributed by atoms with Crippen LogP contribution < -0.4 is 10.1 Å². The average Bonchev–Trinajstić information content (AvgIpc) is 2.52. The molecule has 0 atom stereocenters. The summed E-state index contributed by atoms with van der Waals surface area (Å²) in [6.07, 6.45) is 3.29. The molecule has 0 spiro atoms. The molecule has 0 aliphatic heterocycles. The van der Waals surface area contributed by atoms with Crippen LogP contribution in [0.25, 0.3) is 10.9 Å². The second-order valence-corrected chi connectivity index (χ2v) is 5.46. The van der Waals surface area contributed by atoms with E-state index in [-0.39, 0.29) is 0 Å². The topological polar surface area (TPSA) is 54.4 Å². The molecule has 4 heteroatoms. The largest absolute Gasteiger partial charge is 0.494 e. The zero-order valence-corrected chi connectivity index (χ0v) is 13.2. The minimum Gasteiger partial charge on any atom is -0.494 e. The van der Waals surface area contributed by atoms with E-state index in [1.54, 1.807) is 7.11 Å². The third-order valence-electron chi connectivity index (χ3n) is 4.18. The molecule has 0 amide bonds. The molecule has 2 N–H and O–H groups in total. The molecule has 1 aromatic carbocycles. The number of hydrogen-bond donors (Lipinski definition) is 2. The molecule has 2 rings (SSSR count). The third-order valence-corrected chi connectivity index (χ3v) is 4.18. The van der Waals surface area contributed by atoms with Gasteiger partial charge >= 0.3 is 0 Å². The molecule has 21 heavy (non-hydrogen) atoms. The Balaban J connectivity index is 2.41. The molecule has 114 valence electrons. The van der Waals surface area contributed by atoms with Crippen LogP contribution in [-0.4, -0.2) is 29.3 Å². The Labute approximate surface area is 126 Å². The van der Waals surface area contributed by atoms with Gasteiger partial charge in [-0.15, -0.1) is 0 Å². The van der Waals surface area contributed by atoms with Gasteiger partial charge in [0.1, 0.15) is 11.3 Å². The number of rotatable bonds is 6. The van der Waals surface area contributed by atoms with E-state index in [1.165, 1.54) is 0 Å². The Morgan fingerprint density at radius 3 is 2.62 bits per heavy atom. The maximum Gasteiger partial charge on any atom is 0.145 e. The highest BCUT2D eigenvalue weighted by atomic mass is 16.5. The zero-order valence-electron chi connectivity index (χ0n) is 13.2. The minimum atomic E-state index is -0.680. The molecule has 0 bridgehead atoms. The second kappa shape index (κ2) is 6.31. The first kappa shape index (κ1) is 15.6. The van der Waals surface area contributed by atoms with Gasteiger partial charge < -0.3 is 15.2 Å². The number of aromatic nitrogens is 1. The SMILES string of the molecule is CCC(O)(CC)CNc1c(C)cnc2c(OC)cccc12. The highest BCUT2D eigenvalue weighted by molar-refractivity contribution is 5.96. The second-order valence-electron chi connectivity index (χ2n) is 5.46. The number of pyridine rings is 1. The highest BCUT2D eigenvalue weighted by Crippen LogP contribution is 2.31. The molecule has 0 unspecified atom stereocenters. The summed E-state index contributed by atoms with van der Waals surface area (Å²) in [4.78, 5) is 4.47. The molecule has 0 aliphatic carbocycles. The van der Waals surface area contributed by atoms with E-state index in [4.69, 9.17) is 4.74 Å². The van der Waals surface area contributed by atoms with Crippen LogP contribution >= 0.6 is 0 Å². The van der Waals surface area contributed by atoms with E-state index in [9.17, 15) is 5.11 Å². The summed E-state index contributed by atoms with van der Waals surface area (Å²) in [5.41, 5.74) is 2.23. The van der Waals surface area contributed by atoms with Gasteiger partial charge in [-0.1, -0.05) is 26.0 Å². The normalized spacial score (nSPS) is 11.7. The summed E-state index contributed by atoms with van der Waals surface area (Å²) in [5, 5.41) is 14.9. The van der Waals surface area contributed by atoms with E-state index in [1.807, 2.05) is 45.2 Å². The summed E-state index contributed by atoms with van der Waals surface area (Å²) < 4.78 is 5.37. The number of anilines is 1. The van der Waals surface area contributed by atoms with Crippen molar-refractivity contribution in [2.45, 2.75) is 39.2 Å². The van der Waals surface area contributed by atoms with E-state index >= 15 is 0 Å². The van der Waals surface area contributed by atoms with Crippen LogP contribution in [-0.2, 0) is 0 Å². The fraction of sp³-hybridized carbons (Fsp3) is 0.471. The average molecular weight is 288 g/mol. The number of benzene rings is 1. The first-order valence-corrected chi connectivity index (χ1v) is 7.43. The summed E-state index contributed by atoms with van der Waals surface area (Å²) in [6, 6.07) is 5.89. The Bertz CT molecular complexity index is 621. The van der Waals surface area contributed by atoms with Crippen LogP contribution in [0.15, 0.2) is 24.4 Å². The predicted molar refractivity (Wildman–Crippen MR) is 87.1 cm³/mol. The van der Waals surface area contributed by atoms with Gasteiger partial charge in [0.05, 0.1) is 12.7 Å². The van der Waals surface area contributed by atoms with E-state index in [0.29, 0.717) is 6.54 Å². The van der Waals surface area contributed by atoms with Crippen molar-refractivity contribution in [3.05, 3.63) is 30.0 Å². The fourth-order valence-electron chi connectivity index (χ4n) is 2.45. The number of ether oxygens (including phenoxy) is 1. The maximum absolute atomic E-state index is 10.5. The first-order chi connectivity index (χ1) is 10.0. The number of hydrogen-bond acceptors (Lipinski definition) is 4. The quantitative estimate of drug-likeness (QED) is 0.854. The first-order valence-electron chi connectivity index (χ1n) is 7.43. The van der Waals surface area contributed by atoms with Gasteiger partial charge in [0.15, 0.2) is 0 Å². The minimum absolute atomic E-state index is 0.525. The van der Waals surface area contributed by atoms with Crippen LogP contribution in [0.2, 0.25) is 0 Å². The van der Waals surface area contributed by atoms with Crippen LogP contribution in [0.3, 0.4) is 0 Å². The molecule has 1 heterocycles. The number of fused-ring (bicyclic) bond motifs is 1. The molecule has 0 saturated heterocycles. The molecule has 0 aliphatic rings. The van der Waals surface area contributed by atoms with Gasteiger partial charge in [-0.2, -0.15) is 0 Å². The number of para-hydroxylation sites is 1. The van der Waals surface area contributed by atoms with Gasteiger partial charge in [-0.3, -0.25) is 4.98 Å². The molecular weight excluding hydrogens is 264 g/mol. The lowest BCUT2D eigenvalue weighted by Crippen LogP contribution is -2.35. The molecular formula is C17H24N2O2. The lowest BCUT2D eigenvalue weighted by atomic mass is 9.97. The van der Waals surface area contributed by atoms with Crippen molar-refractivity contribution in [2.75, 3.05) is 19.0 Å². The van der Waals surface area contributed by atoms with Crippen LogP contribution in [0.4, 0.5) is 5.69 Å². The van der Waals surface area contributed by atoms with Crippen molar-refractivity contribution in [3.63, 3.8) is 0 Å². The highest BCUT2D eigenvalue weighted by Gasteiger charge is 2.22. The van der Waals surface area contributed by atoms with Crippen LogP contribution in [0.1, 0.15) is 32.3 Å². The standard InChI is InChI=1S/C17H24N2O2/c1-5-17(20,6-2)11-19-15-12(3)10-18-16-13(15)8-7-9-14(16)21-4/h7-10,20H,5-6,11H2,1-4H3,(H,18,19). The lowest BCUT2D eigenvalue weighted by Gasteiger charge is -2.27. The van der Waals surface area contributed by atoms with Crippen LogP contribution in [0.5, 0.6) is 5.75 Å². The number of nitrogens with zero attached hydrogens (tertiary/aromatic N) is 1. The van der Waals surface area contributed by atoms with Gasteiger partial charge in [0.25, 0.3) is 0 Å². The molecule has 0 fully saturated rings. The van der Waals surface area contributed by atoms with E-state index in [2.05, 4.69) is 10.3 Å². The molecule has 1 aromatic heterocycles. The number of aliphatic hydroxyl groups is 1. The Morgan fingerprint density at radius 2 is 2.00 bits per heavy atom. The predicted octanol–water partition coefficient (Wildman–Crippen LogP) is 3.51. The fourth-order valence-corrected chi connectivity index (χ4v) is 2.45. The van der Waals surface area contributed by atoms with Crippen molar-refractivity contribution >= 4 is 16.6 Å². The van der Waals surface area contributed by atoms with E-state index < -0.39 is 5.60 Å². The van der Waals surface area contributed by atoms with Crippen molar-refractivity contribution in [3.8, 4) is 5.75 Å². The summed E-state index contributed by atoms with van der Waals surface area (Å²) >= 11 is 0. The smallest absolute Gasteiger partial charge is 0.145 e. The molecule has 0 radical (unpaired) electrons. The monoisotopic (exact) mass is 288 g/mol. The Kier molecular flexibility index (Phi) is 4.68. The van der Waals surface area contributed by atoms with Gasteiger partial charge in [0, 0.05) is 23.8 Å². The van der Waals surface area contributed by atoms with Crippen LogP contribution in [0, 0.1) is 6.92 Å². The number of aryl methyl sites for hydroxylation is 1. The van der Waals surface area contributed by atoms with Crippen molar-refractivity contribution in [1.29, 1.82) is 0 Å².